The van der Waals surface area contributed by atoms with Crippen LogP contribution in [-0.2, 0) is 14.3 Å². The number of nitrogens with zero attached hydrogens (tertiary/aromatic N) is 2. The zero-order valence-corrected chi connectivity index (χ0v) is 15.3. The first-order valence-electron chi connectivity index (χ1n) is 8.59. The Morgan fingerprint density at radius 2 is 1.84 bits per heavy atom. The summed E-state index contributed by atoms with van der Waals surface area (Å²) < 4.78 is 5.11. The number of ether oxygens (including phenoxy) is 1. The second-order valence-electron chi connectivity index (χ2n) is 7.14. The van der Waals surface area contributed by atoms with Crippen molar-refractivity contribution in [2.75, 3.05) is 26.2 Å². The molecule has 0 unspecified atom stereocenters. The van der Waals surface area contributed by atoms with E-state index in [0.717, 1.165) is 12.8 Å². The summed E-state index contributed by atoms with van der Waals surface area (Å²) in [5.41, 5.74) is -0.557. The van der Waals surface area contributed by atoms with Gasteiger partial charge in [-0.2, -0.15) is 5.26 Å². The van der Waals surface area contributed by atoms with Crippen LogP contribution in [0.1, 0.15) is 46.5 Å². The van der Waals surface area contributed by atoms with E-state index < -0.39 is 11.7 Å². The Morgan fingerprint density at radius 1 is 1.20 bits per heavy atom. The van der Waals surface area contributed by atoms with Crippen LogP contribution in [0.2, 0.25) is 0 Å². The third kappa shape index (κ3) is 8.94. The molecule has 1 heterocycles. The van der Waals surface area contributed by atoms with E-state index in [1.54, 1.807) is 25.7 Å². The molecule has 0 atom stereocenters. The Hall–Kier alpha value is -2.30. The van der Waals surface area contributed by atoms with Gasteiger partial charge in [0.25, 0.3) is 0 Å². The van der Waals surface area contributed by atoms with Crippen LogP contribution in [0.4, 0.5) is 4.79 Å². The molecule has 1 aliphatic heterocycles. The SMILES string of the molecule is CC(C)(C)OC(=O)NCCC(=O)N1CCC(CNC(=O)CC#N)CC1. The molecular weight excluding hydrogens is 324 g/mol. The smallest absolute Gasteiger partial charge is 0.407 e. The van der Waals surface area contributed by atoms with Gasteiger partial charge in [-0.15, -0.1) is 0 Å². The highest BCUT2D eigenvalue weighted by molar-refractivity contribution is 5.78. The number of alkyl carbamates (subject to hydrolysis) is 1. The summed E-state index contributed by atoms with van der Waals surface area (Å²) in [6, 6.07) is 1.81. The molecule has 0 aromatic carbocycles. The van der Waals surface area contributed by atoms with E-state index in [9.17, 15) is 14.4 Å². The van der Waals surface area contributed by atoms with Crippen molar-refractivity contribution in [1.29, 1.82) is 5.26 Å². The van der Waals surface area contributed by atoms with Gasteiger partial charge in [0.15, 0.2) is 0 Å². The van der Waals surface area contributed by atoms with Gasteiger partial charge in [-0.1, -0.05) is 0 Å². The van der Waals surface area contributed by atoms with E-state index >= 15 is 0 Å². The van der Waals surface area contributed by atoms with Crippen LogP contribution in [-0.4, -0.2) is 54.6 Å². The summed E-state index contributed by atoms with van der Waals surface area (Å²) in [5, 5.41) is 13.8. The maximum atomic E-state index is 12.2. The number of hydrogen-bond donors (Lipinski definition) is 2. The van der Waals surface area contributed by atoms with Gasteiger partial charge >= 0.3 is 6.09 Å². The fourth-order valence-corrected chi connectivity index (χ4v) is 2.52. The monoisotopic (exact) mass is 352 g/mol. The Balaban J connectivity index is 2.20. The fraction of sp³-hybridized carbons (Fsp3) is 0.765. The Bertz CT molecular complexity index is 514. The average Bonchev–Trinajstić information content (AvgIpc) is 2.52. The minimum atomic E-state index is -0.557. The van der Waals surface area contributed by atoms with E-state index in [2.05, 4.69) is 10.6 Å². The van der Waals surface area contributed by atoms with Crippen LogP contribution in [0.3, 0.4) is 0 Å². The number of rotatable bonds is 6. The van der Waals surface area contributed by atoms with E-state index in [1.165, 1.54) is 0 Å². The fourth-order valence-electron chi connectivity index (χ4n) is 2.52. The lowest BCUT2D eigenvalue weighted by Crippen LogP contribution is -2.42. The van der Waals surface area contributed by atoms with E-state index in [4.69, 9.17) is 10.00 Å². The topological polar surface area (TPSA) is 112 Å². The normalized spacial score (nSPS) is 15.2. The molecule has 0 radical (unpaired) electrons. The van der Waals surface area contributed by atoms with Crippen molar-refractivity contribution >= 4 is 17.9 Å². The van der Waals surface area contributed by atoms with Crippen LogP contribution >= 0.6 is 0 Å². The van der Waals surface area contributed by atoms with Crippen molar-refractivity contribution in [3.8, 4) is 6.07 Å². The first-order chi connectivity index (χ1) is 11.7. The molecule has 25 heavy (non-hydrogen) atoms. The summed E-state index contributed by atoms with van der Waals surface area (Å²) in [5.74, 6) is 0.0730. The third-order valence-corrected chi connectivity index (χ3v) is 3.80. The highest BCUT2D eigenvalue weighted by Gasteiger charge is 2.23. The number of carbonyl (C=O) groups excluding carboxylic acids is 3. The molecule has 1 fully saturated rings. The molecule has 0 bridgehead atoms. The van der Waals surface area contributed by atoms with Gasteiger partial charge in [-0.3, -0.25) is 9.59 Å². The number of amides is 3. The van der Waals surface area contributed by atoms with Gasteiger partial charge in [0.05, 0.1) is 6.07 Å². The van der Waals surface area contributed by atoms with Gasteiger partial charge in [0.1, 0.15) is 12.0 Å². The molecule has 2 N–H and O–H groups in total. The van der Waals surface area contributed by atoms with Crippen molar-refractivity contribution < 1.29 is 19.1 Å². The first-order valence-corrected chi connectivity index (χ1v) is 8.59. The second-order valence-corrected chi connectivity index (χ2v) is 7.14. The van der Waals surface area contributed by atoms with Gasteiger partial charge in [0.2, 0.25) is 11.8 Å². The van der Waals surface area contributed by atoms with E-state index in [0.29, 0.717) is 25.6 Å². The molecule has 0 aromatic heterocycles. The van der Waals surface area contributed by atoms with Crippen molar-refractivity contribution in [1.82, 2.24) is 15.5 Å². The van der Waals surface area contributed by atoms with Crippen molar-refractivity contribution in [3.05, 3.63) is 0 Å². The predicted octanol–water partition coefficient (Wildman–Crippen LogP) is 1.17. The van der Waals surface area contributed by atoms with Crippen LogP contribution in [0, 0.1) is 17.2 Å². The molecule has 1 saturated heterocycles. The summed E-state index contributed by atoms with van der Waals surface area (Å²) in [6.07, 6.45) is 1.23. The van der Waals surface area contributed by atoms with Crippen LogP contribution in [0.15, 0.2) is 0 Å². The zero-order valence-electron chi connectivity index (χ0n) is 15.3. The Kier molecular flexibility index (Phi) is 8.19. The maximum absolute atomic E-state index is 12.2. The van der Waals surface area contributed by atoms with Crippen molar-refractivity contribution in [2.45, 2.75) is 52.1 Å². The molecule has 140 valence electrons. The average molecular weight is 352 g/mol. The van der Waals surface area contributed by atoms with E-state index in [1.807, 2.05) is 6.07 Å². The molecule has 0 spiro atoms. The highest BCUT2D eigenvalue weighted by Crippen LogP contribution is 2.17. The van der Waals surface area contributed by atoms with E-state index in [-0.39, 0.29) is 31.2 Å². The van der Waals surface area contributed by atoms with Crippen molar-refractivity contribution in [2.24, 2.45) is 5.92 Å². The molecule has 0 saturated carbocycles. The van der Waals surface area contributed by atoms with Crippen LogP contribution in [0.25, 0.3) is 0 Å². The Morgan fingerprint density at radius 3 is 2.40 bits per heavy atom. The van der Waals surface area contributed by atoms with Gasteiger partial charge in [-0.05, 0) is 39.5 Å². The van der Waals surface area contributed by atoms with Crippen LogP contribution in [0.5, 0.6) is 0 Å². The van der Waals surface area contributed by atoms with Gasteiger partial charge in [0, 0.05) is 32.6 Å². The predicted molar refractivity (Wildman–Crippen MR) is 91.4 cm³/mol. The lowest BCUT2D eigenvalue weighted by molar-refractivity contribution is -0.132. The molecule has 8 heteroatoms. The standard InChI is InChI=1S/C17H28N4O4/c1-17(2,3)25-16(24)19-9-5-15(23)21-10-6-13(7-11-21)12-20-14(22)4-8-18/h13H,4-7,9-12H2,1-3H3,(H,19,24)(H,20,22). The third-order valence-electron chi connectivity index (χ3n) is 3.80. The molecular formula is C17H28N4O4. The van der Waals surface area contributed by atoms with Gasteiger partial charge in [-0.25, -0.2) is 4.79 Å². The molecule has 1 aliphatic rings. The largest absolute Gasteiger partial charge is 0.444 e. The number of hydrogen-bond acceptors (Lipinski definition) is 5. The van der Waals surface area contributed by atoms with Crippen molar-refractivity contribution in [3.63, 3.8) is 0 Å². The van der Waals surface area contributed by atoms with Gasteiger partial charge < -0.3 is 20.3 Å². The quantitative estimate of drug-likeness (QED) is 0.745. The molecule has 0 aliphatic carbocycles. The number of nitrogens with one attached hydrogen (secondary N) is 2. The number of carbonyl (C=O) groups is 3. The Labute approximate surface area is 148 Å². The molecule has 0 aromatic rings. The maximum Gasteiger partial charge on any atom is 0.407 e. The summed E-state index contributed by atoms with van der Waals surface area (Å²) in [6.45, 7) is 7.43. The molecule has 8 nitrogen and oxygen atoms in total. The lowest BCUT2D eigenvalue weighted by atomic mass is 9.96. The summed E-state index contributed by atoms with van der Waals surface area (Å²) >= 11 is 0. The summed E-state index contributed by atoms with van der Waals surface area (Å²) in [7, 11) is 0. The minimum absolute atomic E-state index is 0.00280. The highest BCUT2D eigenvalue weighted by atomic mass is 16.6. The molecule has 1 rings (SSSR count). The number of likely N-dealkylation sites (tertiary alicyclic amines) is 1. The van der Waals surface area contributed by atoms with Crippen LogP contribution < -0.4 is 10.6 Å². The number of piperidine rings is 1. The summed E-state index contributed by atoms with van der Waals surface area (Å²) in [4.78, 5) is 36.7. The minimum Gasteiger partial charge on any atom is -0.444 e. The molecule has 3 amide bonds. The lowest BCUT2D eigenvalue weighted by Gasteiger charge is -2.32. The zero-order chi connectivity index (χ0) is 18.9. The first kappa shape index (κ1) is 20.7. The second kappa shape index (κ2) is 9.87. The number of nitriles is 1.